The summed E-state index contributed by atoms with van der Waals surface area (Å²) in [7, 11) is -1.38. The van der Waals surface area contributed by atoms with Crippen molar-refractivity contribution in [2.24, 2.45) is 0 Å². The fraction of sp³-hybridized carbons (Fsp3) is 0.394. The van der Waals surface area contributed by atoms with Gasteiger partial charge in [0.25, 0.3) is 10.0 Å². The Bertz CT molecular complexity index is 1530. The van der Waals surface area contributed by atoms with E-state index in [1.54, 1.807) is 24.3 Å². The lowest BCUT2D eigenvalue weighted by Gasteiger charge is -2.35. The van der Waals surface area contributed by atoms with E-state index in [-0.39, 0.29) is 23.1 Å². The zero-order valence-corrected chi connectivity index (χ0v) is 27.1. The van der Waals surface area contributed by atoms with Gasteiger partial charge >= 0.3 is 0 Å². The zero-order chi connectivity index (χ0) is 31.9. The van der Waals surface area contributed by atoms with E-state index in [0.29, 0.717) is 17.9 Å². The highest BCUT2D eigenvalue weighted by Gasteiger charge is 2.35. The number of hydrogen-bond acceptors (Lipinski definition) is 6. The van der Waals surface area contributed by atoms with Crippen LogP contribution < -0.4 is 19.1 Å². The molecule has 0 heterocycles. The molecule has 0 aliphatic carbocycles. The van der Waals surface area contributed by atoms with Crippen LogP contribution in [0.25, 0.3) is 0 Å². The Morgan fingerprint density at radius 3 is 2.09 bits per heavy atom. The molecule has 3 rings (SSSR count). The van der Waals surface area contributed by atoms with E-state index in [9.17, 15) is 18.0 Å². The molecule has 0 unspecified atom stereocenters. The van der Waals surface area contributed by atoms with Crippen LogP contribution in [0.5, 0.6) is 11.5 Å². The molecular weight excluding hydrogens is 566 g/mol. The minimum Gasteiger partial charge on any atom is -0.493 e. The molecule has 43 heavy (non-hydrogen) atoms. The number of carbonyl (C=O) groups is 2. The van der Waals surface area contributed by atoms with Crippen LogP contribution in [-0.2, 0) is 26.2 Å². The largest absolute Gasteiger partial charge is 0.493 e. The van der Waals surface area contributed by atoms with E-state index < -0.39 is 34.1 Å². The Hall–Kier alpha value is -4.05. The van der Waals surface area contributed by atoms with Crippen molar-refractivity contribution in [3.8, 4) is 11.5 Å². The predicted molar refractivity (Wildman–Crippen MR) is 169 cm³/mol. The topological polar surface area (TPSA) is 105 Å². The molecule has 0 radical (unpaired) electrons. The molecule has 3 aromatic rings. The molecule has 0 spiro atoms. The van der Waals surface area contributed by atoms with E-state index in [0.717, 1.165) is 21.0 Å². The SMILES string of the molecule is CC[C@@H](C(=O)NC(C)(C)C)N(Cc1cccc(C)c1)C(=O)CN(c1ccc(C)cc1)S(=O)(=O)c1ccc(OC)c(OC)c1. The zero-order valence-electron chi connectivity index (χ0n) is 26.3. The highest BCUT2D eigenvalue weighted by molar-refractivity contribution is 7.92. The van der Waals surface area contributed by atoms with Crippen LogP contribution in [0.2, 0.25) is 0 Å². The summed E-state index contributed by atoms with van der Waals surface area (Å²) >= 11 is 0. The first kappa shape index (κ1) is 33.5. The van der Waals surface area contributed by atoms with Gasteiger partial charge in [-0.05, 0) is 70.9 Å². The van der Waals surface area contributed by atoms with Crippen molar-refractivity contribution in [3.63, 3.8) is 0 Å². The van der Waals surface area contributed by atoms with Crippen LogP contribution in [-0.4, -0.2) is 57.5 Å². The molecule has 0 aliphatic heterocycles. The van der Waals surface area contributed by atoms with Crippen LogP contribution in [0.4, 0.5) is 5.69 Å². The number of nitrogens with one attached hydrogen (secondary N) is 1. The van der Waals surface area contributed by atoms with Gasteiger partial charge in [-0.3, -0.25) is 13.9 Å². The summed E-state index contributed by atoms with van der Waals surface area (Å²) < 4.78 is 40.1. The third-order valence-electron chi connectivity index (χ3n) is 6.86. The molecule has 0 aliphatic rings. The van der Waals surface area contributed by atoms with Gasteiger partial charge in [-0.2, -0.15) is 0 Å². The number of carbonyl (C=O) groups excluding carboxylic acids is 2. The number of sulfonamides is 1. The van der Waals surface area contributed by atoms with Gasteiger partial charge in [0.2, 0.25) is 11.8 Å². The van der Waals surface area contributed by atoms with Crippen LogP contribution >= 0.6 is 0 Å². The van der Waals surface area contributed by atoms with Crippen LogP contribution in [0.3, 0.4) is 0 Å². The molecule has 232 valence electrons. The second kappa shape index (κ2) is 13.9. The molecule has 9 nitrogen and oxygen atoms in total. The van der Waals surface area contributed by atoms with Gasteiger partial charge in [0.05, 0.1) is 24.8 Å². The summed E-state index contributed by atoms with van der Waals surface area (Å²) in [6, 6.07) is 18.1. The third-order valence-corrected chi connectivity index (χ3v) is 8.63. The van der Waals surface area contributed by atoms with Gasteiger partial charge in [-0.25, -0.2) is 8.42 Å². The molecule has 3 aromatic carbocycles. The van der Waals surface area contributed by atoms with Crippen molar-refractivity contribution in [3.05, 3.63) is 83.4 Å². The molecule has 0 fully saturated rings. The Morgan fingerprint density at radius 2 is 1.53 bits per heavy atom. The van der Waals surface area contributed by atoms with Crippen molar-refractivity contribution < 1.29 is 27.5 Å². The number of rotatable bonds is 12. The fourth-order valence-corrected chi connectivity index (χ4v) is 6.15. The quantitative estimate of drug-likeness (QED) is 0.301. The minimum atomic E-state index is -4.26. The van der Waals surface area contributed by atoms with E-state index in [1.807, 2.05) is 65.8 Å². The molecule has 1 atom stereocenters. The van der Waals surface area contributed by atoms with Crippen molar-refractivity contribution in [2.75, 3.05) is 25.1 Å². The minimum absolute atomic E-state index is 0.0683. The Balaban J connectivity index is 2.11. The summed E-state index contributed by atoms with van der Waals surface area (Å²) in [5.74, 6) is -0.202. The van der Waals surface area contributed by atoms with Crippen LogP contribution in [0.1, 0.15) is 50.8 Å². The number of nitrogens with zero attached hydrogens (tertiary/aromatic N) is 2. The summed E-state index contributed by atoms with van der Waals surface area (Å²) in [6.07, 6.45) is 0.340. The highest BCUT2D eigenvalue weighted by atomic mass is 32.2. The van der Waals surface area contributed by atoms with E-state index in [1.165, 1.54) is 37.3 Å². The number of benzene rings is 3. The molecular formula is C33H43N3O6S. The first-order valence-corrected chi connectivity index (χ1v) is 15.6. The molecule has 0 saturated carbocycles. The number of hydrogen-bond donors (Lipinski definition) is 1. The Kier molecular flexibility index (Phi) is 10.9. The lowest BCUT2D eigenvalue weighted by atomic mass is 10.0. The average Bonchev–Trinajstić information content (AvgIpc) is 2.94. The average molecular weight is 610 g/mol. The summed E-state index contributed by atoms with van der Waals surface area (Å²) in [4.78, 5) is 29.1. The fourth-order valence-electron chi connectivity index (χ4n) is 4.72. The number of amides is 2. The second-order valence-corrected chi connectivity index (χ2v) is 13.4. The number of ether oxygens (including phenoxy) is 2. The summed E-state index contributed by atoms with van der Waals surface area (Å²) in [5, 5.41) is 2.98. The van der Waals surface area contributed by atoms with Gasteiger partial charge < -0.3 is 19.7 Å². The van der Waals surface area contributed by atoms with E-state index in [2.05, 4.69) is 5.32 Å². The van der Waals surface area contributed by atoms with Crippen LogP contribution in [0, 0.1) is 13.8 Å². The third kappa shape index (κ3) is 8.50. The molecule has 0 saturated heterocycles. The second-order valence-electron chi connectivity index (χ2n) is 11.5. The van der Waals surface area contributed by atoms with Gasteiger partial charge in [0.1, 0.15) is 12.6 Å². The van der Waals surface area contributed by atoms with Crippen molar-refractivity contribution in [2.45, 2.75) is 71.0 Å². The highest BCUT2D eigenvalue weighted by Crippen LogP contribution is 2.32. The van der Waals surface area contributed by atoms with Gasteiger partial charge in [-0.15, -0.1) is 0 Å². The van der Waals surface area contributed by atoms with Gasteiger partial charge in [-0.1, -0.05) is 54.4 Å². The van der Waals surface area contributed by atoms with Crippen molar-refractivity contribution in [1.82, 2.24) is 10.2 Å². The maximum Gasteiger partial charge on any atom is 0.264 e. The van der Waals surface area contributed by atoms with Gasteiger partial charge in [0.15, 0.2) is 11.5 Å². The van der Waals surface area contributed by atoms with Crippen molar-refractivity contribution >= 4 is 27.5 Å². The number of anilines is 1. The predicted octanol–water partition coefficient (Wildman–Crippen LogP) is 5.24. The molecule has 0 aromatic heterocycles. The van der Waals surface area contributed by atoms with Gasteiger partial charge in [0, 0.05) is 18.2 Å². The lowest BCUT2D eigenvalue weighted by Crippen LogP contribution is -2.55. The first-order chi connectivity index (χ1) is 20.2. The van der Waals surface area contributed by atoms with E-state index >= 15 is 0 Å². The monoisotopic (exact) mass is 609 g/mol. The Morgan fingerprint density at radius 1 is 0.884 bits per heavy atom. The maximum absolute atomic E-state index is 14.3. The number of aryl methyl sites for hydroxylation is 2. The van der Waals surface area contributed by atoms with Crippen LogP contribution in [0.15, 0.2) is 71.6 Å². The molecule has 2 amide bonds. The maximum atomic E-state index is 14.3. The summed E-state index contributed by atoms with van der Waals surface area (Å²) in [6.45, 7) is 10.9. The Labute approximate surface area is 255 Å². The summed E-state index contributed by atoms with van der Waals surface area (Å²) in [5.41, 5.74) is 2.57. The normalized spacial score (nSPS) is 12.3. The lowest BCUT2D eigenvalue weighted by molar-refractivity contribution is -0.141. The van der Waals surface area contributed by atoms with E-state index in [4.69, 9.17) is 9.47 Å². The molecule has 0 bridgehead atoms. The molecule has 1 N–H and O–H groups in total. The molecule has 10 heteroatoms. The number of methoxy groups -OCH3 is 2. The smallest absolute Gasteiger partial charge is 0.264 e. The van der Waals surface area contributed by atoms with Crippen molar-refractivity contribution in [1.29, 1.82) is 0 Å². The standard InChI is InChI=1S/C33H43N3O6S/c1-9-28(32(38)34-33(4,5)6)35(21-25-12-10-11-24(3)19-25)31(37)22-36(26-15-13-23(2)14-16-26)43(39,40)27-17-18-29(41-7)30(20-27)42-8/h10-20,28H,9,21-22H2,1-8H3,(H,34,38)/t28-/m0/s1. The first-order valence-electron chi connectivity index (χ1n) is 14.2.